The second-order valence-electron chi connectivity index (χ2n) is 3.46. The van der Waals surface area contributed by atoms with Crippen molar-refractivity contribution in [3.05, 3.63) is 0 Å². The highest BCUT2D eigenvalue weighted by Gasteiger charge is 2.26. The highest BCUT2D eigenvalue weighted by atomic mass is 32.2. The summed E-state index contributed by atoms with van der Waals surface area (Å²) in [5.74, 6) is 1.74. The Hall–Kier alpha value is 0.0700. The predicted octanol–water partition coefficient (Wildman–Crippen LogP) is -0.160. The maximum atomic E-state index is 11.2. The Morgan fingerprint density at radius 3 is 3.00 bits per heavy atom. The summed E-state index contributed by atoms with van der Waals surface area (Å²) in [6.45, 7) is 4.08. The van der Waals surface area contributed by atoms with Gasteiger partial charge in [-0.3, -0.25) is 9.11 Å². The van der Waals surface area contributed by atoms with Crippen molar-refractivity contribution in [1.82, 2.24) is 4.90 Å². The molecule has 0 N–H and O–H groups in total. The van der Waals surface area contributed by atoms with E-state index in [-0.39, 0.29) is 0 Å². The summed E-state index contributed by atoms with van der Waals surface area (Å²) in [5, 5.41) is 0. The number of nitrogens with zero attached hydrogens (tertiary/aromatic N) is 1. The van der Waals surface area contributed by atoms with Crippen LogP contribution in [0, 0.1) is 0 Å². The summed E-state index contributed by atoms with van der Waals surface area (Å²) >= 11 is 0. The molecule has 2 saturated heterocycles. The van der Waals surface area contributed by atoms with Gasteiger partial charge in [-0.05, 0) is 13.0 Å². The van der Waals surface area contributed by atoms with Gasteiger partial charge in [0.25, 0.3) is 0 Å². The van der Waals surface area contributed by atoms with E-state index in [0.717, 1.165) is 44.2 Å². The van der Waals surface area contributed by atoms with Crippen LogP contribution in [0.3, 0.4) is 0 Å². The molecule has 0 spiro atoms. The molecule has 2 heterocycles. The number of rotatable bonds is 2. The van der Waals surface area contributed by atoms with E-state index in [1.165, 1.54) is 0 Å². The topological polar surface area (TPSA) is 32.8 Å². The van der Waals surface area contributed by atoms with Crippen LogP contribution in [0.15, 0.2) is 0 Å². The first-order valence-corrected chi connectivity index (χ1v) is 6.02. The van der Waals surface area contributed by atoms with Crippen molar-refractivity contribution in [2.24, 2.45) is 0 Å². The maximum absolute atomic E-state index is 11.2. The molecule has 0 amide bonds. The number of hydrogen-bond donors (Lipinski definition) is 0. The molecule has 12 heavy (non-hydrogen) atoms. The summed E-state index contributed by atoms with van der Waals surface area (Å²) in [6.07, 6.45) is 1.57. The lowest BCUT2D eigenvalue weighted by Gasteiger charge is -2.17. The summed E-state index contributed by atoms with van der Waals surface area (Å²) in [5.41, 5.74) is 0. The molecule has 3 nitrogen and oxygen atoms in total. The third kappa shape index (κ3) is 2.54. The monoisotopic (exact) mass is 189 g/mol. The zero-order valence-electron chi connectivity index (χ0n) is 7.20. The van der Waals surface area contributed by atoms with Crippen LogP contribution >= 0.6 is 0 Å². The second-order valence-corrected chi connectivity index (χ2v) is 5.15. The number of hydrogen-bond acceptors (Lipinski definition) is 3. The molecule has 2 fully saturated rings. The van der Waals surface area contributed by atoms with E-state index in [4.69, 9.17) is 4.74 Å². The van der Waals surface area contributed by atoms with Crippen LogP contribution in [0.1, 0.15) is 6.42 Å². The van der Waals surface area contributed by atoms with Gasteiger partial charge in [0.1, 0.15) is 0 Å². The van der Waals surface area contributed by atoms with Gasteiger partial charge in [-0.2, -0.15) is 0 Å². The quantitative estimate of drug-likeness (QED) is 0.566. The summed E-state index contributed by atoms with van der Waals surface area (Å²) < 4.78 is 16.3. The fourth-order valence-electron chi connectivity index (χ4n) is 1.54. The van der Waals surface area contributed by atoms with Gasteiger partial charge in [0.2, 0.25) is 0 Å². The van der Waals surface area contributed by atoms with E-state index in [9.17, 15) is 4.21 Å². The average molecular weight is 189 g/mol. The first kappa shape index (κ1) is 8.66. The molecule has 4 heteroatoms. The van der Waals surface area contributed by atoms with Gasteiger partial charge in [0.15, 0.2) is 0 Å². The van der Waals surface area contributed by atoms with Gasteiger partial charge >= 0.3 is 0 Å². The molecule has 0 aliphatic carbocycles. The Bertz CT molecular complexity index is 182. The van der Waals surface area contributed by atoms with Crippen molar-refractivity contribution in [2.45, 2.75) is 12.5 Å². The molecular weight excluding hydrogens is 174 g/mol. The molecule has 2 aliphatic heterocycles. The molecule has 0 aromatic rings. The van der Waals surface area contributed by atoms with Gasteiger partial charge in [-0.25, -0.2) is 0 Å². The van der Waals surface area contributed by atoms with Gasteiger partial charge in [0.05, 0.1) is 12.7 Å². The number of epoxide rings is 1. The maximum Gasteiger partial charge on any atom is 0.0936 e. The van der Waals surface area contributed by atoms with Gasteiger partial charge in [-0.1, -0.05) is 0 Å². The summed E-state index contributed by atoms with van der Waals surface area (Å²) in [4.78, 5) is 2.38. The smallest absolute Gasteiger partial charge is 0.0936 e. The highest BCUT2D eigenvalue weighted by molar-refractivity contribution is 7.85. The Kier molecular flexibility index (Phi) is 2.78. The van der Waals surface area contributed by atoms with E-state index < -0.39 is 10.8 Å². The predicted molar refractivity (Wildman–Crippen MR) is 48.7 cm³/mol. The van der Waals surface area contributed by atoms with Crippen molar-refractivity contribution < 1.29 is 8.95 Å². The van der Waals surface area contributed by atoms with Crippen molar-refractivity contribution in [2.75, 3.05) is 37.7 Å². The van der Waals surface area contributed by atoms with Crippen LogP contribution in [0.4, 0.5) is 0 Å². The fourth-order valence-corrected chi connectivity index (χ4v) is 2.65. The van der Waals surface area contributed by atoms with Gasteiger partial charge in [-0.15, -0.1) is 0 Å². The molecule has 0 radical (unpaired) electrons. The molecule has 70 valence electrons. The van der Waals surface area contributed by atoms with E-state index in [0.29, 0.717) is 6.10 Å². The summed E-state index contributed by atoms with van der Waals surface area (Å²) in [6, 6.07) is 0. The van der Waals surface area contributed by atoms with E-state index in [1.807, 2.05) is 0 Å². The van der Waals surface area contributed by atoms with Crippen LogP contribution in [-0.4, -0.2) is 53.0 Å². The average Bonchev–Trinajstić information content (AvgIpc) is 2.83. The molecule has 2 unspecified atom stereocenters. The van der Waals surface area contributed by atoms with Crippen LogP contribution < -0.4 is 0 Å². The van der Waals surface area contributed by atoms with Gasteiger partial charge in [0, 0.05) is 35.4 Å². The van der Waals surface area contributed by atoms with E-state index in [2.05, 4.69) is 4.90 Å². The summed E-state index contributed by atoms with van der Waals surface area (Å²) in [7, 11) is -0.555. The standard InChI is InChI=1S/C8H15NO2S/c10-12-4-1-2-9(3-5-12)6-8-7-11-8/h8H,1-7H2. The van der Waals surface area contributed by atoms with Crippen LogP contribution in [0.2, 0.25) is 0 Å². The zero-order valence-corrected chi connectivity index (χ0v) is 8.02. The van der Waals surface area contributed by atoms with Crippen molar-refractivity contribution in [1.29, 1.82) is 0 Å². The highest BCUT2D eigenvalue weighted by Crippen LogP contribution is 2.12. The normalized spacial score (nSPS) is 37.7. The Morgan fingerprint density at radius 2 is 2.25 bits per heavy atom. The molecule has 2 rings (SSSR count). The lowest BCUT2D eigenvalue weighted by Crippen LogP contribution is -2.30. The molecule has 0 bridgehead atoms. The fraction of sp³-hybridized carbons (Fsp3) is 1.00. The lowest BCUT2D eigenvalue weighted by molar-refractivity contribution is 0.257. The van der Waals surface area contributed by atoms with E-state index in [1.54, 1.807) is 0 Å². The molecule has 2 aliphatic rings. The molecular formula is C8H15NO2S. The minimum absolute atomic E-state index is 0.483. The third-order valence-corrected chi connectivity index (χ3v) is 3.73. The van der Waals surface area contributed by atoms with Crippen molar-refractivity contribution in [3.8, 4) is 0 Å². The van der Waals surface area contributed by atoms with Crippen molar-refractivity contribution in [3.63, 3.8) is 0 Å². The Morgan fingerprint density at radius 1 is 1.42 bits per heavy atom. The molecule has 2 atom stereocenters. The largest absolute Gasteiger partial charge is 0.372 e. The zero-order chi connectivity index (χ0) is 8.39. The number of ether oxygens (including phenoxy) is 1. The minimum atomic E-state index is -0.555. The SMILES string of the molecule is O=S1CCCN(CC2CO2)CC1. The first-order valence-electron chi connectivity index (χ1n) is 4.53. The van der Waals surface area contributed by atoms with Gasteiger partial charge < -0.3 is 4.74 Å². The van der Waals surface area contributed by atoms with Crippen molar-refractivity contribution >= 4 is 10.8 Å². The van der Waals surface area contributed by atoms with E-state index >= 15 is 0 Å². The Balaban J connectivity index is 1.77. The second kappa shape index (κ2) is 3.85. The molecule has 0 aromatic carbocycles. The first-order chi connectivity index (χ1) is 5.84. The Labute approximate surface area is 75.5 Å². The minimum Gasteiger partial charge on any atom is -0.372 e. The van der Waals surface area contributed by atoms with Crippen LogP contribution in [0.5, 0.6) is 0 Å². The third-order valence-electron chi connectivity index (χ3n) is 2.35. The van der Waals surface area contributed by atoms with Crippen LogP contribution in [0.25, 0.3) is 0 Å². The lowest BCUT2D eigenvalue weighted by atomic mass is 10.3. The molecule has 0 saturated carbocycles. The molecule has 0 aromatic heterocycles. The van der Waals surface area contributed by atoms with Crippen LogP contribution in [-0.2, 0) is 15.5 Å².